The summed E-state index contributed by atoms with van der Waals surface area (Å²) in [4.78, 5) is 46.0. The molecule has 6 rings (SSSR count). The number of amides is 3. The van der Waals surface area contributed by atoms with Crippen molar-refractivity contribution in [1.82, 2.24) is 10.3 Å². The van der Waals surface area contributed by atoms with E-state index in [0.717, 1.165) is 21.7 Å². The highest BCUT2D eigenvalue weighted by Crippen LogP contribution is 2.37. The minimum Gasteiger partial charge on any atom is -0.493 e. The van der Waals surface area contributed by atoms with Gasteiger partial charge in [-0.25, -0.2) is 4.98 Å². The molecule has 1 aromatic heterocycles. The summed E-state index contributed by atoms with van der Waals surface area (Å²) in [7, 11) is 0. The number of carbonyl (C=O) groups excluding carboxylic acids is 3. The number of aryl methyl sites for hydroxylation is 1. The monoisotopic (exact) mass is 724 g/mol. The molecule has 0 aliphatic heterocycles. The third-order valence-electron chi connectivity index (χ3n) is 7.84. The second-order valence-electron chi connectivity index (χ2n) is 11.6. The van der Waals surface area contributed by atoms with Gasteiger partial charge in [-0.15, -0.1) is 23.1 Å². The quantitative estimate of drug-likeness (QED) is 0.0809. The Kier molecular flexibility index (Phi) is 11.9. The average molecular weight is 725 g/mol. The van der Waals surface area contributed by atoms with Crippen molar-refractivity contribution >= 4 is 57.7 Å². The van der Waals surface area contributed by atoms with Gasteiger partial charge < -0.3 is 20.7 Å². The zero-order chi connectivity index (χ0) is 36.3. The Morgan fingerprint density at radius 2 is 1.48 bits per heavy atom. The maximum absolute atomic E-state index is 13.7. The van der Waals surface area contributed by atoms with Gasteiger partial charge in [-0.05, 0) is 68.0 Å². The number of hydrogen-bond donors (Lipinski definition) is 3. The molecule has 0 saturated carbocycles. The molecule has 1 heterocycles. The Morgan fingerprint density at radius 3 is 2.19 bits per heavy atom. The van der Waals surface area contributed by atoms with Gasteiger partial charge in [0.05, 0.1) is 12.3 Å². The number of nitrogens with one attached hydrogen (secondary N) is 3. The van der Waals surface area contributed by atoms with E-state index in [0.29, 0.717) is 34.3 Å². The van der Waals surface area contributed by atoms with Crippen LogP contribution in [0.15, 0.2) is 149 Å². The summed E-state index contributed by atoms with van der Waals surface area (Å²) >= 11 is 2.77. The van der Waals surface area contributed by atoms with Crippen molar-refractivity contribution in [3.8, 4) is 17.0 Å². The Morgan fingerprint density at radius 1 is 0.808 bits per heavy atom. The summed E-state index contributed by atoms with van der Waals surface area (Å²) in [6.07, 6.45) is 1.60. The molecule has 0 aliphatic carbocycles. The zero-order valence-corrected chi connectivity index (χ0v) is 30.2. The topological polar surface area (TPSA) is 109 Å². The zero-order valence-electron chi connectivity index (χ0n) is 28.5. The molecule has 0 aliphatic rings. The summed E-state index contributed by atoms with van der Waals surface area (Å²) < 4.78 is 5.75. The fourth-order valence-corrected chi connectivity index (χ4v) is 6.94. The van der Waals surface area contributed by atoms with Crippen LogP contribution in [-0.2, 0) is 9.59 Å². The number of anilines is 2. The lowest BCUT2D eigenvalue weighted by molar-refractivity contribution is -0.116. The Balaban J connectivity index is 1.18. The van der Waals surface area contributed by atoms with Gasteiger partial charge in [-0.3, -0.25) is 14.4 Å². The Bertz CT molecular complexity index is 2170. The largest absolute Gasteiger partial charge is 0.493 e. The molecule has 8 nitrogen and oxygen atoms in total. The molecule has 260 valence electrons. The van der Waals surface area contributed by atoms with Crippen molar-refractivity contribution in [2.45, 2.75) is 24.0 Å². The SMILES string of the molecule is CCOc1ccccc1/C=C(\NC(=O)c1ccccc1)C(=O)Nc1ccc(SC(C(=O)Nc2nc(-c3ccc(C)cc3)cs2)c2ccccc2)cc1. The number of rotatable bonds is 13. The van der Waals surface area contributed by atoms with Crippen molar-refractivity contribution in [2.75, 3.05) is 17.2 Å². The van der Waals surface area contributed by atoms with Crippen molar-refractivity contribution in [1.29, 1.82) is 0 Å². The predicted octanol–water partition coefficient (Wildman–Crippen LogP) is 9.40. The molecule has 0 radical (unpaired) electrons. The number of thioether (sulfide) groups is 1. The first-order chi connectivity index (χ1) is 25.4. The van der Waals surface area contributed by atoms with Gasteiger partial charge in [0.1, 0.15) is 16.7 Å². The fraction of sp³-hybridized carbons (Fsp3) is 0.0952. The first kappa shape index (κ1) is 35.8. The van der Waals surface area contributed by atoms with Crippen molar-refractivity contribution in [2.24, 2.45) is 0 Å². The standard InChI is InChI=1S/C42H36N4O4S2/c1-3-50-37-17-11-10-16-32(37)26-35(44-39(47)31-14-8-5-9-15-31)40(48)43-33-22-24-34(25-23-33)52-38(30-12-6-4-7-13-30)41(49)46-42-45-36(27-51-42)29-20-18-28(2)19-21-29/h4-27,38H,3H2,1-2H3,(H,43,48)(H,44,47)(H,45,46,49)/b35-26-. The normalized spacial score (nSPS) is 11.7. The summed E-state index contributed by atoms with van der Waals surface area (Å²) in [6, 6.07) is 40.9. The summed E-state index contributed by atoms with van der Waals surface area (Å²) in [5, 5.41) is 10.6. The fourth-order valence-electron chi connectivity index (χ4n) is 5.20. The lowest BCUT2D eigenvalue weighted by Crippen LogP contribution is -2.30. The molecule has 0 saturated heterocycles. The first-order valence-electron chi connectivity index (χ1n) is 16.6. The average Bonchev–Trinajstić information content (AvgIpc) is 3.64. The molecule has 3 N–H and O–H groups in total. The van der Waals surface area contributed by atoms with Gasteiger partial charge in [0.15, 0.2) is 5.13 Å². The Labute approximate surface area is 311 Å². The lowest BCUT2D eigenvalue weighted by Gasteiger charge is -2.17. The summed E-state index contributed by atoms with van der Waals surface area (Å²) in [6.45, 7) is 4.36. The third kappa shape index (κ3) is 9.42. The van der Waals surface area contributed by atoms with Crippen LogP contribution in [0.1, 0.15) is 39.2 Å². The van der Waals surface area contributed by atoms with E-state index in [-0.39, 0.29) is 11.6 Å². The maximum Gasteiger partial charge on any atom is 0.272 e. The smallest absolute Gasteiger partial charge is 0.272 e. The van der Waals surface area contributed by atoms with Crippen LogP contribution in [-0.4, -0.2) is 29.3 Å². The van der Waals surface area contributed by atoms with Crippen LogP contribution in [0, 0.1) is 6.92 Å². The van der Waals surface area contributed by atoms with Crippen molar-refractivity contribution < 1.29 is 19.1 Å². The first-order valence-corrected chi connectivity index (χ1v) is 18.4. The second kappa shape index (κ2) is 17.3. The van der Waals surface area contributed by atoms with Gasteiger partial charge in [0, 0.05) is 32.7 Å². The van der Waals surface area contributed by atoms with Gasteiger partial charge in [0.2, 0.25) is 5.91 Å². The van der Waals surface area contributed by atoms with Gasteiger partial charge in [0.25, 0.3) is 11.8 Å². The molecule has 10 heteroatoms. The van der Waals surface area contributed by atoms with Crippen LogP contribution >= 0.6 is 23.1 Å². The summed E-state index contributed by atoms with van der Waals surface area (Å²) in [5.41, 5.74) is 5.42. The van der Waals surface area contributed by atoms with Crippen molar-refractivity contribution in [3.05, 3.63) is 167 Å². The van der Waals surface area contributed by atoms with E-state index in [4.69, 9.17) is 4.74 Å². The number of para-hydroxylation sites is 1. The molecule has 0 bridgehead atoms. The van der Waals surface area contributed by atoms with Gasteiger partial charge in [-0.2, -0.15) is 0 Å². The van der Waals surface area contributed by atoms with Crippen LogP contribution in [0.5, 0.6) is 5.75 Å². The Hall–Kier alpha value is -5.97. The molecule has 0 fully saturated rings. The molecule has 1 atom stereocenters. The number of thiazole rings is 1. The third-order valence-corrected chi connectivity index (χ3v) is 9.86. The van der Waals surface area contributed by atoms with E-state index in [2.05, 4.69) is 20.9 Å². The number of benzene rings is 5. The van der Waals surface area contributed by atoms with E-state index >= 15 is 0 Å². The molecule has 6 aromatic rings. The number of aromatic nitrogens is 1. The highest BCUT2D eigenvalue weighted by atomic mass is 32.2. The van der Waals surface area contributed by atoms with Crippen LogP contribution in [0.25, 0.3) is 17.3 Å². The van der Waals surface area contributed by atoms with Gasteiger partial charge >= 0.3 is 0 Å². The van der Waals surface area contributed by atoms with E-state index in [1.54, 1.807) is 42.5 Å². The van der Waals surface area contributed by atoms with Crippen LogP contribution in [0.2, 0.25) is 0 Å². The van der Waals surface area contributed by atoms with Crippen LogP contribution < -0.4 is 20.7 Å². The van der Waals surface area contributed by atoms with E-state index in [1.807, 2.05) is 116 Å². The molecule has 1 unspecified atom stereocenters. The minimum absolute atomic E-state index is 0.0491. The second-order valence-corrected chi connectivity index (χ2v) is 13.7. The van der Waals surface area contributed by atoms with E-state index < -0.39 is 17.1 Å². The molecular weight excluding hydrogens is 689 g/mol. The highest BCUT2D eigenvalue weighted by Gasteiger charge is 2.24. The van der Waals surface area contributed by atoms with E-state index in [9.17, 15) is 14.4 Å². The number of hydrogen-bond acceptors (Lipinski definition) is 7. The maximum atomic E-state index is 13.7. The van der Waals surface area contributed by atoms with E-state index in [1.165, 1.54) is 28.7 Å². The predicted molar refractivity (Wildman–Crippen MR) is 211 cm³/mol. The molecule has 5 aromatic carbocycles. The van der Waals surface area contributed by atoms with Gasteiger partial charge in [-0.1, -0.05) is 96.6 Å². The van der Waals surface area contributed by atoms with Crippen LogP contribution in [0.3, 0.4) is 0 Å². The minimum atomic E-state index is -0.568. The number of ether oxygens (including phenoxy) is 1. The molecule has 52 heavy (non-hydrogen) atoms. The van der Waals surface area contributed by atoms with Crippen LogP contribution in [0.4, 0.5) is 10.8 Å². The molecule has 3 amide bonds. The number of nitrogens with zero attached hydrogens (tertiary/aromatic N) is 1. The molecular formula is C42H36N4O4S2. The number of carbonyl (C=O) groups is 3. The van der Waals surface area contributed by atoms with Crippen molar-refractivity contribution in [3.63, 3.8) is 0 Å². The highest BCUT2D eigenvalue weighted by molar-refractivity contribution is 8.00. The summed E-state index contributed by atoms with van der Waals surface area (Å²) in [5.74, 6) is -0.540. The lowest BCUT2D eigenvalue weighted by atomic mass is 10.1. The molecule has 0 spiro atoms.